The molecule has 9 nitrogen and oxygen atoms in total. The molecule has 1 fully saturated rings. The van der Waals surface area contributed by atoms with Crippen molar-refractivity contribution >= 4 is 40.2 Å². The smallest absolute Gasteiger partial charge is 0.224 e. The lowest BCUT2D eigenvalue weighted by molar-refractivity contribution is -0.119. The largest absolute Gasteiger partial charge is 0.494 e. The highest BCUT2D eigenvalue weighted by Gasteiger charge is 2.32. The van der Waals surface area contributed by atoms with E-state index in [-0.39, 0.29) is 52.9 Å². The number of ketones is 1. The highest BCUT2D eigenvalue weighted by atomic mass is 79.9. The van der Waals surface area contributed by atoms with Crippen LogP contribution in [-0.4, -0.2) is 74.0 Å². The van der Waals surface area contributed by atoms with Gasteiger partial charge >= 0.3 is 0 Å². The number of hydrogen-bond acceptors (Lipinski definition) is 7. The van der Waals surface area contributed by atoms with Gasteiger partial charge < -0.3 is 29.7 Å². The lowest BCUT2D eigenvalue weighted by Gasteiger charge is -2.29. The van der Waals surface area contributed by atoms with Crippen LogP contribution in [-0.2, 0) is 23.2 Å². The molecule has 2 heterocycles. The zero-order valence-electron chi connectivity index (χ0n) is 24.2. The number of halogens is 1. The number of hydrogen-bond donors (Lipinski definition) is 3. The number of carbonyl (C=O) groups is 2. The number of β-amino-alcohol motifs (C(OH)–C–C–N with tert-alkyl or cyclic N) is 1. The Labute approximate surface area is 247 Å². The average Bonchev–Trinajstić information content (AvgIpc) is 3.45. The number of methoxy groups -OCH3 is 1. The van der Waals surface area contributed by atoms with Crippen LogP contribution in [0.4, 0.5) is 5.69 Å². The van der Waals surface area contributed by atoms with Crippen LogP contribution in [0.15, 0.2) is 24.3 Å². The molecule has 0 aromatic heterocycles. The van der Waals surface area contributed by atoms with Crippen molar-refractivity contribution in [3.8, 4) is 11.5 Å². The van der Waals surface area contributed by atoms with Crippen LogP contribution in [0.1, 0.15) is 66.7 Å². The SMILES string of the molecule is Br.CCOc1cc2c(cc1CC(=O)NC)C(=N)N(CC(=O)c1cc(N3CCC(O)C3)c(OC)c(C(C)(C)C)c1)C2. The maximum absolute atomic E-state index is 13.7. The standard InChI is InChI=1S/C30H40N4O5.BrH/c1-7-39-26-13-20-15-34(29(31)22(20)10-19(26)14-27(37)32-5)17-25(36)18-11-23(30(2,3)4)28(38-6)24(12-18)33-9-8-21(35)16-33;/h10-13,21,31,35H,7-9,14-17H2,1-6H3,(H,32,37);1H. The average molecular weight is 618 g/mol. The minimum atomic E-state index is -0.411. The van der Waals surface area contributed by atoms with Crippen molar-refractivity contribution in [2.24, 2.45) is 0 Å². The van der Waals surface area contributed by atoms with Crippen LogP contribution in [0.5, 0.6) is 11.5 Å². The number of aliphatic hydroxyl groups excluding tert-OH is 1. The molecule has 1 saturated heterocycles. The van der Waals surface area contributed by atoms with E-state index in [4.69, 9.17) is 14.9 Å². The van der Waals surface area contributed by atoms with Crippen molar-refractivity contribution in [1.29, 1.82) is 5.41 Å². The van der Waals surface area contributed by atoms with E-state index >= 15 is 0 Å². The summed E-state index contributed by atoms with van der Waals surface area (Å²) in [7, 11) is 3.23. The molecule has 10 heteroatoms. The summed E-state index contributed by atoms with van der Waals surface area (Å²) < 4.78 is 11.6. The molecule has 0 aliphatic carbocycles. The van der Waals surface area contributed by atoms with Crippen LogP contribution >= 0.6 is 17.0 Å². The monoisotopic (exact) mass is 616 g/mol. The van der Waals surface area contributed by atoms with Crippen LogP contribution in [0, 0.1) is 5.41 Å². The molecule has 3 N–H and O–H groups in total. The quantitative estimate of drug-likeness (QED) is 0.367. The third kappa shape index (κ3) is 6.44. The number of ether oxygens (including phenoxy) is 2. The first-order chi connectivity index (χ1) is 18.5. The van der Waals surface area contributed by atoms with E-state index in [1.165, 1.54) is 0 Å². The van der Waals surface area contributed by atoms with Crippen LogP contribution in [0.2, 0.25) is 0 Å². The fourth-order valence-electron chi connectivity index (χ4n) is 5.30. The Hall–Kier alpha value is -3.11. The Morgan fingerprint density at radius 3 is 2.50 bits per heavy atom. The Kier molecular flexibility index (Phi) is 9.89. The first-order valence-electron chi connectivity index (χ1n) is 13.5. The summed E-state index contributed by atoms with van der Waals surface area (Å²) >= 11 is 0. The number of amidine groups is 1. The van der Waals surface area contributed by atoms with Gasteiger partial charge in [0.05, 0.1) is 38.5 Å². The summed E-state index contributed by atoms with van der Waals surface area (Å²) in [6.07, 6.45) is 0.410. The maximum atomic E-state index is 13.7. The van der Waals surface area contributed by atoms with E-state index in [9.17, 15) is 14.7 Å². The minimum Gasteiger partial charge on any atom is -0.494 e. The van der Waals surface area contributed by atoms with Gasteiger partial charge in [0, 0.05) is 48.9 Å². The first kappa shape index (κ1) is 31.4. The molecule has 2 aromatic carbocycles. The minimum absolute atomic E-state index is 0. The molecule has 0 radical (unpaired) electrons. The summed E-state index contributed by atoms with van der Waals surface area (Å²) in [6, 6.07) is 7.48. The number of carbonyl (C=O) groups excluding carboxylic acids is 2. The number of anilines is 1. The van der Waals surface area contributed by atoms with Crippen molar-refractivity contribution in [1.82, 2.24) is 10.2 Å². The van der Waals surface area contributed by atoms with Gasteiger partial charge in [0.2, 0.25) is 5.91 Å². The topological polar surface area (TPSA) is 115 Å². The number of nitrogens with zero attached hydrogens (tertiary/aromatic N) is 2. The first-order valence-corrected chi connectivity index (χ1v) is 13.5. The molecular formula is C30H41BrN4O5. The Bertz CT molecular complexity index is 1290. The Morgan fingerprint density at radius 1 is 1.20 bits per heavy atom. The van der Waals surface area contributed by atoms with Crippen molar-refractivity contribution in [2.45, 2.75) is 58.6 Å². The zero-order valence-corrected chi connectivity index (χ0v) is 25.9. The second-order valence-corrected chi connectivity index (χ2v) is 11.2. The van der Waals surface area contributed by atoms with Crippen molar-refractivity contribution in [2.75, 3.05) is 45.3 Å². The highest BCUT2D eigenvalue weighted by molar-refractivity contribution is 8.93. The molecule has 2 aromatic rings. The van der Waals surface area contributed by atoms with Gasteiger partial charge in [-0.15, -0.1) is 17.0 Å². The van der Waals surface area contributed by atoms with Gasteiger partial charge in [0.1, 0.15) is 17.3 Å². The second kappa shape index (κ2) is 12.6. The van der Waals surface area contributed by atoms with Gasteiger partial charge in [0.25, 0.3) is 0 Å². The third-order valence-electron chi connectivity index (χ3n) is 7.39. The van der Waals surface area contributed by atoms with Crippen LogP contribution < -0.4 is 19.7 Å². The van der Waals surface area contributed by atoms with E-state index in [1.807, 2.05) is 31.2 Å². The lowest BCUT2D eigenvalue weighted by Crippen LogP contribution is -2.31. The van der Waals surface area contributed by atoms with E-state index in [1.54, 1.807) is 19.1 Å². The lowest BCUT2D eigenvalue weighted by atomic mass is 9.84. The van der Waals surface area contributed by atoms with Crippen molar-refractivity contribution < 1.29 is 24.2 Å². The van der Waals surface area contributed by atoms with Gasteiger partial charge in [-0.1, -0.05) is 20.8 Å². The fraction of sp³-hybridized carbons (Fsp3) is 0.500. The van der Waals surface area contributed by atoms with Crippen LogP contribution in [0.3, 0.4) is 0 Å². The molecule has 0 saturated carbocycles. The summed E-state index contributed by atoms with van der Waals surface area (Å²) in [5.74, 6) is 1.37. The molecule has 2 aliphatic rings. The predicted octanol–water partition coefficient (Wildman–Crippen LogP) is 3.85. The van der Waals surface area contributed by atoms with Crippen molar-refractivity contribution in [3.63, 3.8) is 0 Å². The molecule has 40 heavy (non-hydrogen) atoms. The number of amides is 1. The van der Waals surface area contributed by atoms with Gasteiger partial charge in [-0.3, -0.25) is 15.0 Å². The van der Waals surface area contributed by atoms with E-state index in [2.05, 4.69) is 31.0 Å². The molecule has 0 bridgehead atoms. The van der Waals surface area contributed by atoms with Gasteiger partial charge in [-0.2, -0.15) is 0 Å². The molecular weight excluding hydrogens is 576 g/mol. The molecule has 218 valence electrons. The molecule has 1 amide bonds. The molecule has 1 atom stereocenters. The second-order valence-electron chi connectivity index (χ2n) is 11.2. The summed E-state index contributed by atoms with van der Waals surface area (Å²) in [6.45, 7) is 10.2. The van der Waals surface area contributed by atoms with E-state index < -0.39 is 6.10 Å². The normalized spacial score (nSPS) is 16.5. The number of fused-ring (bicyclic) bond motifs is 1. The van der Waals surface area contributed by atoms with Gasteiger partial charge in [-0.25, -0.2) is 0 Å². The number of Topliss-reactive ketones (excluding diaryl/α,β-unsaturated/α-hetero) is 1. The fourth-order valence-corrected chi connectivity index (χ4v) is 5.30. The van der Waals surface area contributed by atoms with Gasteiger partial charge in [0.15, 0.2) is 5.78 Å². The zero-order chi connectivity index (χ0) is 28.5. The maximum Gasteiger partial charge on any atom is 0.224 e. The predicted molar refractivity (Wildman–Crippen MR) is 162 cm³/mol. The van der Waals surface area contributed by atoms with Crippen LogP contribution in [0.25, 0.3) is 0 Å². The number of likely N-dealkylation sites (N-methyl/N-ethyl adjacent to an activating group) is 1. The number of rotatable bonds is 9. The van der Waals surface area contributed by atoms with E-state index in [0.29, 0.717) is 49.5 Å². The number of nitrogens with one attached hydrogen (secondary N) is 2. The molecule has 4 rings (SSSR count). The molecule has 0 spiro atoms. The summed E-state index contributed by atoms with van der Waals surface area (Å²) in [4.78, 5) is 29.6. The molecule has 1 unspecified atom stereocenters. The third-order valence-corrected chi connectivity index (χ3v) is 7.39. The highest BCUT2D eigenvalue weighted by Crippen LogP contribution is 2.41. The Morgan fingerprint density at radius 2 is 1.93 bits per heavy atom. The number of aliphatic hydroxyl groups is 1. The Balaban J connectivity index is 0.00000441. The van der Waals surface area contributed by atoms with Gasteiger partial charge in [-0.05, 0) is 48.6 Å². The number of benzene rings is 2. The molecule has 2 aliphatic heterocycles. The summed E-state index contributed by atoms with van der Waals surface area (Å²) in [5, 5.41) is 21.6. The van der Waals surface area contributed by atoms with Crippen molar-refractivity contribution in [3.05, 3.63) is 52.1 Å². The van der Waals surface area contributed by atoms with E-state index in [0.717, 1.165) is 28.1 Å². The summed E-state index contributed by atoms with van der Waals surface area (Å²) in [5.41, 5.74) is 4.33.